The summed E-state index contributed by atoms with van der Waals surface area (Å²) in [4.78, 5) is 36.3. The molecule has 0 saturated carbocycles. The van der Waals surface area contributed by atoms with Crippen LogP contribution in [0.25, 0.3) is 11.3 Å². The third-order valence-electron chi connectivity index (χ3n) is 4.35. The monoisotopic (exact) mass is 428 g/mol. The molecule has 30 heavy (non-hydrogen) atoms. The molecular formula is C21H20N2O6S. The number of hydrogen-bond donors (Lipinski definition) is 1. The minimum absolute atomic E-state index is 0.0347. The minimum atomic E-state index is -0.511. The highest BCUT2D eigenvalue weighted by atomic mass is 32.1. The van der Waals surface area contributed by atoms with Crippen LogP contribution in [0, 0.1) is 24.0 Å². The molecule has 3 aromatic rings. The average Bonchev–Trinajstić information content (AvgIpc) is 3.27. The summed E-state index contributed by atoms with van der Waals surface area (Å²) >= 11 is 1.29. The zero-order valence-corrected chi connectivity index (χ0v) is 17.7. The molecule has 0 aliphatic heterocycles. The largest absolute Gasteiger partial charge is 0.459 e. The molecule has 0 spiro atoms. The molecule has 0 aliphatic rings. The van der Waals surface area contributed by atoms with Gasteiger partial charge in [-0.25, -0.2) is 4.79 Å². The Labute approximate surface area is 176 Å². The van der Waals surface area contributed by atoms with Crippen LogP contribution in [0.1, 0.15) is 45.2 Å². The quantitative estimate of drug-likeness (QED) is 0.322. The second-order valence-electron chi connectivity index (χ2n) is 6.86. The van der Waals surface area contributed by atoms with Crippen molar-refractivity contribution in [2.75, 3.05) is 5.32 Å². The highest BCUT2D eigenvalue weighted by Crippen LogP contribution is 2.34. The van der Waals surface area contributed by atoms with Gasteiger partial charge in [0.05, 0.1) is 16.6 Å². The van der Waals surface area contributed by atoms with Gasteiger partial charge in [0.15, 0.2) is 5.76 Å². The molecule has 9 heteroatoms. The van der Waals surface area contributed by atoms with E-state index in [-0.39, 0.29) is 17.6 Å². The molecule has 0 unspecified atom stereocenters. The fraction of sp³-hybridized carbons (Fsp3) is 0.238. The minimum Gasteiger partial charge on any atom is -0.459 e. The van der Waals surface area contributed by atoms with Crippen molar-refractivity contribution in [3.05, 3.63) is 68.3 Å². The molecule has 0 aliphatic carbocycles. The summed E-state index contributed by atoms with van der Waals surface area (Å²) in [5.41, 5.74) is 1.66. The first-order valence-corrected chi connectivity index (χ1v) is 9.96. The second kappa shape index (κ2) is 8.50. The Morgan fingerprint density at radius 1 is 1.13 bits per heavy atom. The molecule has 1 N–H and O–H groups in total. The molecule has 0 bridgehead atoms. The van der Waals surface area contributed by atoms with E-state index in [1.54, 1.807) is 39.0 Å². The Hall–Kier alpha value is -3.46. The van der Waals surface area contributed by atoms with E-state index >= 15 is 0 Å². The predicted octanol–water partition coefficient (Wildman–Crippen LogP) is 5.35. The van der Waals surface area contributed by atoms with E-state index < -0.39 is 16.8 Å². The summed E-state index contributed by atoms with van der Waals surface area (Å²) < 4.78 is 10.9. The van der Waals surface area contributed by atoms with Crippen LogP contribution in [-0.4, -0.2) is 22.9 Å². The SMILES string of the molecule is Cc1sc(NC(=O)c2ccc(-c3ccc([N+](=O)[O-])cc3)o2)c(C(=O)OC(C)C)c1C. The zero-order valence-electron chi connectivity index (χ0n) is 16.8. The van der Waals surface area contributed by atoms with Crippen molar-refractivity contribution in [3.63, 3.8) is 0 Å². The van der Waals surface area contributed by atoms with Gasteiger partial charge in [-0.05, 0) is 57.5 Å². The van der Waals surface area contributed by atoms with Gasteiger partial charge in [-0.1, -0.05) is 0 Å². The number of ether oxygens (including phenoxy) is 1. The van der Waals surface area contributed by atoms with E-state index in [1.807, 2.05) is 6.92 Å². The molecule has 2 heterocycles. The number of nitrogens with one attached hydrogen (secondary N) is 1. The van der Waals surface area contributed by atoms with Crippen LogP contribution < -0.4 is 5.32 Å². The van der Waals surface area contributed by atoms with Gasteiger partial charge in [-0.2, -0.15) is 0 Å². The van der Waals surface area contributed by atoms with Gasteiger partial charge < -0.3 is 14.5 Å². The van der Waals surface area contributed by atoms with Gasteiger partial charge >= 0.3 is 5.97 Å². The molecule has 2 aromatic heterocycles. The van der Waals surface area contributed by atoms with E-state index in [9.17, 15) is 19.7 Å². The molecule has 0 saturated heterocycles. The third kappa shape index (κ3) is 4.41. The number of aryl methyl sites for hydroxylation is 1. The van der Waals surface area contributed by atoms with Crippen LogP contribution in [0.4, 0.5) is 10.7 Å². The molecular weight excluding hydrogens is 408 g/mol. The molecule has 1 aromatic carbocycles. The number of carbonyl (C=O) groups is 2. The van der Waals surface area contributed by atoms with Crippen LogP contribution in [0.5, 0.6) is 0 Å². The first-order valence-electron chi connectivity index (χ1n) is 9.14. The normalized spacial score (nSPS) is 10.8. The predicted molar refractivity (Wildman–Crippen MR) is 113 cm³/mol. The molecule has 0 fully saturated rings. The van der Waals surface area contributed by atoms with Crippen LogP contribution in [0.3, 0.4) is 0 Å². The number of thiophene rings is 1. The number of nitro groups is 1. The van der Waals surface area contributed by atoms with Crippen molar-refractivity contribution >= 4 is 33.9 Å². The van der Waals surface area contributed by atoms with Gasteiger partial charge in [0, 0.05) is 22.6 Å². The topological polar surface area (TPSA) is 112 Å². The van der Waals surface area contributed by atoms with Crippen LogP contribution in [0.15, 0.2) is 40.8 Å². The second-order valence-corrected chi connectivity index (χ2v) is 8.09. The first-order chi connectivity index (χ1) is 14.2. The summed E-state index contributed by atoms with van der Waals surface area (Å²) in [5.74, 6) is -0.556. The van der Waals surface area contributed by atoms with Gasteiger partial charge in [-0.3, -0.25) is 14.9 Å². The molecule has 1 amide bonds. The van der Waals surface area contributed by atoms with Crippen LogP contribution in [0.2, 0.25) is 0 Å². The number of esters is 1. The van der Waals surface area contributed by atoms with Gasteiger partial charge in [0.25, 0.3) is 11.6 Å². The zero-order chi connectivity index (χ0) is 22.0. The lowest BCUT2D eigenvalue weighted by atomic mass is 10.1. The van der Waals surface area contributed by atoms with E-state index in [1.165, 1.54) is 29.5 Å². The summed E-state index contributed by atoms with van der Waals surface area (Å²) in [6.45, 7) is 7.18. The number of benzene rings is 1. The van der Waals surface area contributed by atoms with Gasteiger partial charge in [-0.15, -0.1) is 11.3 Å². The number of nitrogens with zero attached hydrogens (tertiary/aromatic N) is 1. The Bertz CT molecular complexity index is 1110. The first kappa shape index (κ1) is 21.3. The summed E-state index contributed by atoms with van der Waals surface area (Å²) in [6.07, 6.45) is -0.282. The highest BCUT2D eigenvalue weighted by Gasteiger charge is 2.24. The lowest BCUT2D eigenvalue weighted by Crippen LogP contribution is -2.16. The van der Waals surface area contributed by atoms with E-state index in [0.717, 1.165) is 10.4 Å². The van der Waals surface area contributed by atoms with Crippen LogP contribution in [-0.2, 0) is 4.74 Å². The van der Waals surface area contributed by atoms with Crippen LogP contribution >= 0.6 is 11.3 Å². The van der Waals surface area contributed by atoms with Gasteiger partial charge in [0.1, 0.15) is 10.8 Å². The van der Waals surface area contributed by atoms with Crippen molar-refractivity contribution in [2.24, 2.45) is 0 Å². The lowest BCUT2D eigenvalue weighted by Gasteiger charge is -2.10. The molecule has 8 nitrogen and oxygen atoms in total. The summed E-state index contributed by atoms with van der Waals surface area (Å²) in [6, 6.07) is 8.93. The Morgan fingerprint density at radius 3 is 2.40 bits per heavy atom. The van der Waals surface area contributed by atoms with Crippen molar-refractivity contribution in [2.45, 2.75) is 33.8 Å². The molecule has 0 radical (unpaired) electrons. The number of carbonyl (C=O) groups excluding carboxylic acids is 2. The average molecular weight is 428 g/mol. The Morgan fingerprint density at radius 2 is 1.80 bits per heavy atom. The maximum absolute atomic E-state index is 12.7. The van der Waals surface area contributed by atoms with Crippen molar-refractivity contribution in [1.29, 1.82) is 0 Å². The smallest absolute Gasteiger partial charge is 0.341 e. The molecule has 0 atom stereocenters. The number of rotatable bonds is 6. The van der Waals surface area contributed by atoms with E-state index in [4.69, 9.17) is 9.15 Å². The maximum atomic E-state index is 12.7. The fourth-order valence-electron chi connectivity index (χ4n) is 2.76. The number of hydrogen-bond acceptors (Lipinski definition) is 7. The standard InChI is InChI=1S/C21H20N2O6S/c1-11(2)28-21(25)18-12(3)13(4)30-20(18)22-19(24)17-10-9-16(29-17)14-5-7-15(8-6-14)23(26)27/h5-11H,1-4H3,(H,22,24). The maximum Gasteiger partial charge on any atom is 0.341 e. The molecule has 3 rings (SSSR count). The summed E-state index contributed by atoms with van der Waals surface area (Å²) in [5, 5.41) is 13.9. The van der Waals surface area contributed by atoms with Crippen molar-refractivity contribution in [1.82, 2.24) is 0 Å². The van der Waals surface area contributed by atoms with Gasteiger partial charge in [0.2, 0.25) is 0 Å². The highest BCUT2D eigenvalue weighted by molar-refractivity contribution is 7.16. The van der Waals surface area contributed by atoms with E-state index in [0.29, 0.717) is 21.9 Å². The number of non-ortho nitro benzene ring substituents is 1. The number of furan rings is 1. The number of amides is 1. The Balaban J connectivity index is 1.82. The molecule has 156 valence electrons. The number of nitro benzene ring substituents is 1. The summed E-state index contributed by atoms with van der Waals surface area (Å²) in [7, 11) is 0. The van der Waals surface area contributed by atoms with Crippen molar-refractivity contribution < 1.29 is 23.7 Å². The number of anilines is 1. The van der Waals surface area contributed by atoms with E-state index in [2.05, 4.69) is 5.32 Å². The third-order valence-corrected chi connectivity index (χ3v) is 5.47. The Kier molecular flexibility index (Phi) is 6.02. The van der Waals surface area contributed by atoms with Crippen molar-refractivity contribution in [3.8, 4) is 11.3 Å². The lowest BCUT2D eigenvalue weighted by molar-refractivity contribution is -0.384. The fourth-order valence-corrected chi connectivity index (χ4v) is 3.80.